The maximum Gasteiger partial charge on any atom is 0.199 e. The highest BCUT2D eigenvalue weighted by molar-refractivity contribution is 5.85. The van der Waals surface area contributed by atoms with E-state index in [1.165, 1.54) is 0 Å². The molecule has 0 saturated heterocycles. The van der Waals surface area contributed by atoms with Gasteiger partial charge in [-0.25, -0.2) is 0 Å². The first-order chi connectivity index (χ1) is 8.66. The van der Waals surface area contributed by atoms with E-state index in [1.807, 2.05) is 19.1 Å². The lowest BCUT2D eigenvalue weighted by Gasteiger charge is -2.05. The van der Waals surface area contributed by atoms with Crippen LogP contribution in [0.2, 0.25) is 0 Å². The molecule has 0 aliphatic heterocycles. The van der Waals surface area contributed by atoms with Gasteiger partial charge in [-0.2, -0.15) is 0 Å². The van der Waals surface area contributed by atoms with Crippen LogP contribution in [0, 0.1) is 6.92 Å². The van der Waals surface area contributed by atoms with Gasteiger partial charge in [0, 0.05) is 23.7 Å². The number of nitrogens with one attached hydrogen (secondary N) is 2. The Morgan fingerprint density at radius 3 is 2.89 bits per heavy atom. The van der Waals surface area contributed by atoms with E-state index in [0.717, 1.165) is 11.3 Å². The van der Waals surface area contributed by atoms with Crippen LogP contribution in [0.15, 0.2) is 35.4 Å². The second-order valence-corrected chi connectivity index (χ2v) is 4.21. The van der Waals surface area contributed by atoms with Crippen LogP contribution in [0.25, 0.3) is 22.2 Å². The number of pyridine rings is 2. The van der Waals surface area contributed by atoms with Crippen LogP contribution in [-0.4, -0.2) is 15.0 Å². The standard InChI is InChI=1S/C13H12N4O/c1-7-11(8-3-2-4-15-6-8)12(18)9-5-10(14)17-13(9)16-7/h2-6H,14H2,1H3,(H2,16,17,18). The molecule has 0 aliphatic rings. The largest absolute Gasteiger partial charge is 0.385 e. The number of fused-ring (bicyclic) bond motifs is 1. The van der Waals surface area contributed by atoms with Gasteiger partial charge in [0.25, 0.3) is 0 Å². The number of nitrogens with zero attached hydrogens (tertiary/aromatic N) is 1. The van der Waals surface area contributed by atoms with E-state index in [2.05, 4.69) is 15.0 Å². The molecule has 3 aromatic heterocycles. The number of aryl methyl sites for hydroxylation is 1. The van der Waals surface area contributed by atoms with Crippen molar-refractivity contribution >= 4 is 16.9 Å². The molecule has 3 rings (SSSR count). The molecule has 0 aromatic carbocycles. The molecule has 0 saturated carbocycles. The average molecular weight is 240 g/mol. The molecule has 0 unspecified atom stereocenters. The highest BCUT2D eigenvalue weighted by atomic mass is 16.1. The zero-order valence-corrected chi connectivity index (χ0v) is 9.82. The topological polar surface area (TPSA) is 87.6 Å². The van der Waals surface area contributed by atoms with Gasteiger partial charge in [-0.1, -0.05) is 6.07 Å². The van der Waals surface area contributed by atoms with Crippen LogP contribution >= 0.6 is 0 Å². The summed E-state index contributed by atoms with van der Waals surface area (Å²) in [6, 6.07) is 5.32. The maximum atomic E-state index is 12.4. The van der Waals surface area contributed by atoms with Gasteiger partial charge in [0.1, 0.15) is 11.5 Å². The molecule has 0 atom stereocenters. The summed E-state index contributed by atoms with van der Waals surface area (Å²) in [5.74, 6) is 0.473. The van der Waals surface area contributed by atoms with E-state index >= 15 is 0 Å². The lowest BCUT2D eigenvalue weighted by atomic mass is 10.0. The number of hydrogen-bond acceptors (Lipinski definition) is 3. The van der Waals surface area contributed by atoms with Gasteiger partial charge in [-0.3, -0.25) is 9.78 Å². The molecule has 0 fully saturated rings. The SMILES string of the molecule is Cc1[nH]c2[nH]c(N)cc2c(=O)c1-c1cccnc1. The summed E-state index contributed by atoms with van der Waals surface area (Å²) in [6.45, 7) is 1.86. The van der Waals surface area contributed by atoms with Crippen LogP contribution in [0.1, 0.15) is 5.69 Å². The molecule has 3 heterocycles. The fraction of sp³-hybridized carbons (Fsp3) is 0.0769. The molecule has 5 nitrogen and oxygen atoms in total. The fourth-order valence-corrected chi connectivity index (χ4v) is 2.17. The van der Waals surface area contributed by atoms with Gasteiger partial charge < -0.3 is 15.7 Å². The minimum Gasteiger partial charge on any atom is -0.385 e. The summed E-state index contributed by atoms with van der Waals surface area (Å²) >= 11 is 0. The molecule has 5 heteroatoms. The Labute approximate surface area is 103 Å². The van der Waals surface area contributed by atoms with Crippen LogP contribution in [0.5, 0.6) is 0 Å². The molecule has 0 radical (unpaired) electrons. The molecule has 0 aliphatic carbocycles. The first-order valence-electron chi connectivity index (χ1n) is 5.58. The molecule has 0 amide bonds. The van der Waals surface area contributed by atoms with E-state index in [4.69, 9.17) is 5.73 Å². The quantitative estimate of drug-likeness (QED) is 0.606. The van der Waals surface area contributed by atoms with Gasteiger partial charge in [-0.05, 0) is 19.1 Å². The van der Waals surface area contributed by atoms with Crippen molar-refractivity contribution in [3.05, 3.63) is 46.5 Å². The Kier molecular flexibility index (Phi) is 2.19. The van der Waals surface area contributed by atoms with Crippen molar-refractivity contribution < 1.29 is 0 Å². The highest BCUT2D eigenvalue weighted by Gasteiger charge is 2.12. The van der Waals surface area contributed by atoms with E-state index in [1.54, 1.807) is 18.5 Å². The molecular weight excluding hydrogens is 228 g/mol. The number of nitrogens with two attached hydrogens (primary N) is 1. The monoisotopic (exact) mass is 240 g/mol. The summed E-state index contributed by atoms with van der Waals surface area (Å²) in [5.41, 5.74) is 8.52. The van der Waals surface area contributed by atoms with Crippen molar-refractivity contribution in [2.24, 2.45) is 0 Å². The van der Waals surface area contributed by atoms with E-state index in [-0.39, 0.29) is 5.43 Å². The second kappa shape index (κ2) is 3.73. The number of aromatic amines is 2. The number of hydrogen-bond donors (Lipinski definition) is 3. The Morgan fingerprint density at radius 1 is 1.33 bits per heavy atom. The van der Waals surface area contributed by atoms with Gasteiger partial charge in [0.05, 0.1) is 10.9 Å². The number of H-pyrrole nitrogens is 2. The van der Waals surface area contributed by atoms with Crippen LogP contribution < -0.4 is 11.2 Å². The molecule has 3 aromatic rings. The molecule has 0 bridgehead atoms. The van der Waals surface area contributed by atoms with Gasteiger partial charge in [0.2, 0.25) is 0 Å². The summed E-state index contributed by atoms with van der Waals surface area (Å²) < 4.78 is 0. The summed E-state index contributed by atoms with van der Waals surface area (Å²) in [4.78, 5) is 22.6. The zero-order valence-electron chi connectivity index (χ0n) is 9.82. The first kappa shape index (κ1) is 10.6. The lowest BCUT2D eigenvalue weighted by Crippen LogP contribution is -2.08. The number of nitrogen functional groups attached to an aromatic ring is 1. The Balaban J connectivity index is 2.40. The first-order valence-corrected chi connectivity index (χ1v) is 5.58. The van der Waals surface area contributed by atoms with Gasteiger partial charge in [-0.15, -0.1) is 0 Å². The van der Waals surface area contributed by atoms with Crippen molar-refractivity contribution in [1.82, 2.24) is 15.0 Å². The maximum absolute atomic E-state index is 12.4. The molecule has 90 valence electrons. The molecule has 4 N–H and O–H groups in total. The summed E-state index contributed by atoms with van der Waals surface area (Å²) in [5, 5.41) is 0.567. The van der Waals surface area contributed by atoms with E-state index in [0.29, 0.717) is 22.4 Å². The average Bonchev–Trinajstić information content (AvgIpc) is 2.71. The summed E-state index contributed by atoms with van der Waals surface area (Å²) in [6.07, 6.45) is 3.36. The third-order valence-electron chi connectivity index (χ3n) is 2.95. The second-order valence-electron chi connectivity index (χ2n) is 4.21. The Hall–Kier alpha value is -2.56. The zero-order chi connectivity index (χ0) is 12.7. The van der Waals surface area contributed by atoms with Gasteiger partial charge >= 0.3 is 0 Å². The minimum absolute atomic E-state index is 0.0396. The number of aromatic nitrogens is 3. The van der Waals surface area contributed by atoms with Crippen LogP contribution in [0.4, 0.5) is 5.82 Å². The molecular formula is C13H12N4O. The van der Waals surface area contributed by atoms with Crippen molar-refractivity contribution in [2.75, 3.05) is 5.73 Å². The predicted octanol–water partition coefficient (Wildman–Crippen LogP) is 1.81. The molecule has 18 heavy (non-hydrogen) atoms. The number of anilines is 1. The van der Waals surface area contributed by atoms with Crippen molar-refractivity contribution in [3.8, 4) is 11.1 Å². The smallest absolute Gasteiger partial charge is 0.199 e. The fourth-order valence-electron chi connectivity index (χ4n) is 2.17. The van der Waals surface area contributed by atoms with Crippen molar-refractivity contribution in [2.45, 2.75) is 6.92 Å². The lowest BCUT2D eigenvalue weighted by molar-refractivity contribution is 1.21. The Bertz CT molecular complexity index is 771. The van der Waals surface area contributed by atoms with Gasteiger partial charge in [0.15, 0.2) is 5.43 Å². The summed E-state index contributed by atoms with van der Waals surface area (Å²) in [7, 11) is 0. The third kappa shape index (κ3) is 1.48. The van der Waals surface area contributed by atoms with Crippen molar-refractivity contribution in [3.63, 3.8) is 0 Å². The van der Waals surface area contributed by atoms with E-state index in [9.17, 15) is 4.79 Å². The highest BCUT2D eigenvalue weighted by Crippen LogP contribution is 2.21. The normalized spacial score (nSPS) is 10.9. The third-order valence-corrected chi connectivity index (χ3v) is 2.95. The van der Waals surface area contributed by atoms with Crippen LogP contribution in [-0.2, 0) is 0 Å². The Morgan fingerprint density at radius 2 is 2.17 bits per heavy atom. The minimum atomic E-state index is -0.0396. The number of rotatable bonds is 1. The molecule has 0 spiro atoms. The predicted molar refractivity (Wildman–Crippen MR) is 71.3 cm³/mol. The van der Waals surface area contributed by atoms with E-state index < -0.39 is 0 Å². The van der Waals surface area contributed by atoms with Crippen molar-refractivity contribution in [1.29, 1.82) is 0 Å². The van der Waals surface area contributed by atoms with Crippen LogP contribution in [0.3, 0.4) is 0 Å².